The normalized spacial score (nSPS) is 10.3. The summed E-state index contributed by atoms with van der Waals surface area (Å²) >= 11 is 4.84. The molecule has 3 nitrogen and oxygen atoms in total. The van der Waals surface area contributed by atoms with E-state index in [0.717, 1.165) is 20.8 Å². The maximum Gasteiger partial charge on any atom is 0.193 e. The van der Waals surface area contributed by atoms with Crippen LogP contribution in [0.4, 0.5) is 5.69 Å². The first-order valence-corrected chi connectivity index (χ1v) is 7.40. The molecule has 0 amide bonds. The molecule has 0 aliphatic heterocycles. The number of Topliss-reactive ketones (excluding diaryl/α,β-unsaturated/α-hetero) is 1. The summed E-state index contributed by atoms with van der Waals surface area (Å²) in [5.41, 5.74) is 0.959. The lowest BCUT2D eigenvalue weighted by molar-refractivity contribution is 0.100. The molecule has 100 valence electrons. The van der Waals surface area contributed by atoms with Crippen molar-refractivity contribution in [2.75, 3.05) is 25.6 Å². The number of hydrogen-bond acceptors (Lipinski definition) is 4. The topological polar surface area (TPSA) is 29.5 Å². The monoisotopic (exact) mass is 339 g/mol. The van der Waals surface area contributed by atoms with Crippen LogP contribution in [-0.2, 0) is 0 Å². The molecule has 0 aliphatic rings. The number of nitrogens with zero attached hydrogens (tertiary/aromatic N) is 1. The van der Waals surface area contributed by atoms with Gasteiger partial charge in [-0.15, -0.1) is 11.3 Å². The number of benzene rings is 1. The van der Waals surface area contributed by atoms with Crippen molar-refractivity contribution in [3.63, 3.8) is 0 Å². The minimum Gasteiger partial charge on any atom is -0.497 e. The Morgan fingerprint density at radius 3 is 2.84 bits per heavy atom. The van der Waals surface area contributed by atoms with E-state index in [0.29, 0.717) is 6.54 Å². The maximum absolute atomic E-state index is 12.2. The molecule has 0 saturated carbocycles. The van der Waals surface area contributed by atoms with Gasteiger partial charge in [-0.3, -0.25) is 4.79 Å². The van der Waals surface area contributed by atoms with Gasteiger partial charge in [0.05, 0.1) is 18.5 Å². The Hall–Kier alpha value is -1.33. The first-order valence-electron chi connectivity index (χ1n) is 5.73. The average molecular weight is 340 g/mol. The van der Waals surface area contributed by atoms with Crippen molar-refractivity contribution in [2.24, 2.45) is 0 Å². The molecule has 0 radical (unpaired) electrons. The summed E-state index contributed by atoms with van der Waals surface area (Å²) in [7, 11) is 3.53. The first-order chi connectivity index (χ1) is 9.11. The van der Waals surface area contributed by atoms with E-state index in [2.05, 4.69) is 15.9 Å². The number of carbonyl (C=O) groups is 1. The van der Waals surface area contributed by atoms with Crippen molar-refractivity contribution in [3.8, 4) is 5.75 Å². The van der Waals surface area contributed by atoms with Gasteiger partial charge in [-0.05, 0) is 39.5 Å². The number of halogens is 1. The van der Waals surface area contributed by atoms with E-state index >= 15 is 0 Å². The Bertz CT molecular complexity index is 582. The Labute approximate surface area is 124 Å². The maximum atomic E-state index is 12.2. The molecule has 0 saturated heterocycles. The molecule has 0 aliphatic carbocycles. The highest BCUT2D eigenvalue weighted by Gasteiger charge is 2.14. The lowest BCUT2D eigenvalue weighted by atomic mass is 10.2. The standard InChI is InChI=1S/C14H14BrNO2S/c1-16(10-4-3-5-11(8-10)18-2)9-13(17)14-12(15)6-7-19-14/h3-8H,9H2,1-2H3. The molecule has 2 rings (SSSR count). The average Bonchev–Trinajstić information content (AvgIpc) is 2.85. The predicted molar refractivity (Wildman–Crippen MR) is 82.6 cm³/mol. The van der Waals surface area contributed by atoms with E-state index in [1.165, 1.54) is 11.3 Å². The zero-order valence-corrected chi connectivity index (χ0v) is 13.1. The summed E-state index contributed by atoms with van der Waals surface area (Å²) in [6.07, 6.45) is 0. The Kier molecular flexibility index (Phi) is 4.61. The van der Waals surface area contributed by atoms with Crippen LogP contribution < -0.4 is 9.64 Å². The molecule has 0 atom stereocenters. The highest BCUT2D eigenvalue weighted by atomic mass is 79.9. The number of anilines is 1. The van der Waals surface area contributed by atoms with Gasteiger partial charge in [0.1, 0.15) is 5.75 Å². The number of hydrogen-bond donors (Lipinski definition) is 0. The lowest BCUT2D eigenvalue weighted by Gasteiger charge is -2.18. The van der Waals surface area contributed by atoms with Crippen molar-refractivity contribution in [2.45, 2.75) is 0 Å². The summed E-state index contributed by atoms with van der Waals surface area (Å²) in [6.45, 7) is 0.340. The van der Waals surface area contributed by atoms with Crippen LogP contribution in [0.25, 0.3) is 0 Å². The van der Waals surface area contributed by atoms with Crippen molar-refractivity contribution in [1.29, 1.82) is 0 Å². The largest absolute Gasteiger partial charge is 0.497 e. The molecular formula is C14H14BrNO2S. The minimum absolute atomic E-state index is 0.104. The number of thiophene rings is 1. The number of rotatable bonds is 5. The van der Waals surface area contributed by atoms with Crippen LogP contribution in [0.2, 0.25) is 0 Å². The SMILES string of the molecule is COc1cccc(N(C)CC(=O)c2sccc2Br)c1. The molecule has 19 heavy (non-hydrogen) atoms. The third kappa shape index (κ3) is 3.36. The Balaban J connectivity index is 2.10. The second-order valence-electron chi connectivity index (χ2n) is 4.08. The highest BCUT2D eigenvalue weighted by molar-refractivity contribution is 9.10. The smallest absolute Gasteiger partial charge is 0.193 e. The van der Waals surface area contributed by atoms with E-state index in [4.69, 9.17) is 4.74 Å². The Morgan fingerprint density at radius 2 is 2.21 bits per heavy atom. The number of methoxy groups -OCH3 is 1. The predicted octanol–water partition coefficient (Wildman–Crippen LogP) is 3.84. The molecule has 5 heteroatoms. The highest BCUT2D eigenvalue weighted by Crippen LogP contribution is 2.25. The summed E-state index contributed by atoms with van der Waals surface area (Å²) in [5, 5.41) is 1.91. The number of ketones is 1. The van der Waals surface area contributed by atoms with Crippen LogP contribution in [0, 0.1) is 0 Å². The zero-order valence-electron chi connectivity index (χ0n) is 10.7. The summed E-state index contributed by atoms with van der Waals surface area (Å²) in [5.74, 6) is 0.890. The fourth-order valence-corrected chi connectivity index (χ4v) is 3.24. The minimum atomic E-state index is 0.104. The van der Waals surface area contributed by atoms with Gasteiger partial charge in [-0.1, -0.05) is 6.07 Å². The van der Waals surface area contributed by atoms with Crippen molar-refractivity contribution in [3.05, 3.63) is 45.1 Å². The molecule has 0 unspecified atom stereocenters. The van der Waals surface area contributed by atoms with Gasteiger partial charge < -0.3 is 9.64 Å². The quantitative estimate of drug-likeness (QED) is 0.775. The molecule has 0 bridgehead atoms. The summed E-state index contributed by atoms with van der Waals surface area (Å²) in [4.78, 5) is 14.8. The van der Waals surface area contributed by atoms with Gasteiger partial charge in [-0.25, -0.2) is 0 Å². The zero-order chi connectivity index (χ0) is 13.8. The van der Waals surface area contributed by atoms with E-state index in [9.17, 15) is 4.79 Å². The van der Waals surface area contributed by atoms with E-state index in [1.807, 2.05) is 47.7 Å². The Morgan fingerprint density at radius 1 is 1.42 bits per heavy atom. The fourth-order valence-electron chi connectivity index (χ4n) is 1.72. The van der Waals surface area contributed by atoms with E-state index in [-0.39, 0.29) is 5.78 Å². The molecule has 1 aromatic carbocycles. The number of likely N-dealkylation sites (N-methyl/N-ethyl adjacent to an activating group) is 1. The summed E-state index contributed by atoms with van der Waals surface area (Å²) in [6, 6.07) is 9.56. The van der Waals surface area contributed by atoms with Gasteiger partial charge in [-0.2, -0.15) is 0 Å². The lowest BCUT2D eigenvalue weighted by Crippen LogP contribution is -2.25. The van der Waals surface area contributed by atoms with Gasteiger partial charge in [0, 0.05) is 23.3 Å². The van der Waals surface area contributed by atoms with Crippen LogP contribution in [0.5, 0.6) is 5.75 Å². The fraction of sp³-hybridized carbons (Fsp3) is 0.214. The van der Waals surface area contributed by atoms with E-state index in [1.54, 1.807) is 7.11 Å². The van der Waals surface area contributed by atoms with Crippen LogP contribution in [0.3, 0.4) is 0 Å². The second kappa shape index (κ2) is 6.21. The van der Waals surface area contributed by atoms with Crippen molar-refractivity contribution < 1.29 is 9.53 Å². The van der Waals surface area contributed by atoms with Crippen LogP contribution >= 0.6 is 27.3 Å². The third-order valence-corrected chi connectivity index (χ3v) is 4.62. The van der Waals surface area contributed by atoms with Gasteiger partial charge >= 0.3 is 0 Å². The first kappa shape index (κ1) is 14.1. The number of ether oxygens (including phenoxy) is 1. The van der Waals surface area contributed by atoms with Crippen LogP contribution in [0.15, 0.2) is 40.2 Å². The van der Waals surface area contributed by atoms with Gasteiger partial charge in [0.2, 0.25) is 0 Å². The molecule has 0 fully saturated rings. The van der Waals surface area contributed by atoms with Crippen LogP contribution in [-0.4, -0.2) is 26.5 Å². The molecule has 0 spiro atoms. The van der Waals surface area contributed by atoms with Crippen molar-refractivity contribution >= 4 is 38.7 Å². The molecule has 2 aromatic rings. The second-order valence-corrected chi connectivity index (χ2v) is 5.85. The molecule has 0 N–H and O–H groups in total. The van der Waals surface area contributed by atoms with Gasteiger partial charge in [0.25, 0.3) is 0 Å². The number of carbonyl (C=O) groups excluding carboxylic acids is 1. The molecule has 1 aromatic heterocycles. The third-order valence-electron chi connectivity index (χ3n) is 2.75. The van der Waals surface area contributed by atoms with Crippen LogP contribution in [0.1, 0.15) is 9.67 Å². The molecule has 1 heterocycles. The van der Waals surface area contributed by atoms with Gasteiger partial charge in [0.15, 0.2) is 5.78 Å². The van der Waals surface area contributed by atoms with Crippen molar-refractivity contribution in [1.82, 2.24) is 0 Å². The van der Waals surface area contributed by atoms with E-state index < -0.39 is 0 Å². The molecular weight excluding hydrogens is 326 g/mol. The summed E-state index contributed by atoms with van der Waals surface area (Å²) < 4.78 is 6.05.